The second kappa shape index (κ2) is 5.62. The standard InChI is InChI=1S/C22H30O3/c1-4-5-13-10-14-11-15(23)6-8-21(14,2)16-7-9-22(3)17(19(13)16)12-18(24)20(22)25/h4,13-14,16-17,19H,1,5-12H2,2-3H3/t13-,14-,16+,17+,19-,21+,22+/m1/s1. The lowest BCUT2D eigenvalue weighted by atomic mass is 9.42. The number of allylic oxidation sites excluding steroid dienone is 1. The van der Waals surface area contributed by atoms with Gasteiger partial charge < -0.3 is 0 Å². The summed E-state index contributed by atoms with van der Waals surface area (Å²) in [6.45, 7) is 8.40. The molecule has 0 amide bonds. The maximum atomic E-state index is 12.6. The van der Waals surface area contributed by atoms with Gasteiger partial charge in [0, 0.05) is 24.7 Å². The normalized spacial score (nSPS) is 49.4. The third kappa shape index (κ3) is 2.27. The largest absolute Gasteiger partial charge is 0.300 e. The first kappa shape index (κ1) is 17.2. The van der Waals surface area contributed by atoms with Crippen LogP contribution < -0.4 is 0 Å². The van der Waals surface area contributed by atoms with E-state index in [-0.39, 0.29) is 22.9 Å². The fourth-order valence-corrected chi connectivity index (χ4v) is 7.27. The molecule has 4 aliphatic carbocycles. The highest BCUT2D eigenvalue weighted by Crippen LogP contribution is 2.66. The van der Waals surface area contributed by atoms with Crippen LogP contribution in [0, 0.1) is 40.4 Å². The first-order valence-corrected chi connectivity index (χ1v) is 10.0. The number of carbonyl (C=O) groups excluding carboxylic acids is 3. The molecule has 0 saturated heterocycles. The molecule has 4 aliphatic rings. The van der Waals surface area contributed by atoms with Gasteiger partial charge >= 0.3 is 0 Å². The summed E-state index contributed by atoms with van der Waals surface area (Å²) < 4.78 is 0. The Morgan fingerprint density at radius 1 is 1.12 bits per heavy atom. The Labute approximate surface area is 150 Å². The number of ketones is 3. The van der Waals surface area contributed by atoms with Crippen LogP contribution in [0.4, 0.5) is 0 Å². The van der Waals surface area contributed by atoms with Crippen molar-refractivity contribution in [3.63, 3.8) is 0 Å². The van der Waals surface area contributed by atoms with E-state index in [0.29, 0.717) is 42.3 Å². The molecular formula is C22H30O3. The zero-order valence-corrected chi connectivity index (χ0v) is 15.6. The molecule has 4 fully saturated rings. The van der Waals surface area contributed by atoms with Gasteiger partial charge in [-0.15, -0.1) is 6.58 Å². The lowest BCUT2D eigenvalue weighted by Crippen LogP contribution is -2.56. The van der Waals surface area contributed by atoms with Gasteiger partial charge in [-0.3, -0.25) is 14.4 Å². The van der Waals surface area contributed by atoms with Gasteiger partial charge in [0.2, 0.25) is 5.78 Å². The van der Waals surface area contributed by atoms with E-state index >= 15 is 0 Å². The summed E-state index contributed by atoms with van der Waals surface area (Å²) >= 11 is 0. The van der Waals surface area contributed by atoms with Gasteiger partial charge in [0.1, 0.15) is 5.78 Å². The average Bonchev–Trinajstić information content (AvgIpc) is 2.80. The number of carbonyl (C=O) groups is 3. The number of rotatable bonds is 2. The van der Waals surface area contributed by atoms with Crippen molar-refractivity contribution in [2.45, 2.75) is 65.2 Å². The molecule has 0 aromatic rings. The van der Waals surface area contributed by atoms with Crippen LogP contribution in [-0.4, -0.2) is 17.3 Å². The Morgan fingerprint density at radius 2 is 1.88 bits per heavy atom. The second-order valence-corrected chi connectivity index (χ2v) is 9.67. The van der Waals surface area contributed by atoms with Crippen LogP contribution in [0.2, 0.25) is 0 Å². The van der Waals surface area contributed by atoms with E-state index in [4.69, 9.17) is 0 Å². The van der Waals surface area contributed by atoms with Gasteiger partial charge in [0.15, 0.2) is 5.78 Å². The van der Waals surface area contributed by atoms with E-state index < -0.39 is 5.41 Å². The van der Waals surface area contributed by atoms with Crippen molar-refractivity contribution in [1.29, 1.82) is 0 Å². The maximum Gasteiger partial charge on any atom is 0.204 e. The van der Waals surface area contributed by atoms with Gasteiger partial charge in [0.05, 0.1) is 0 Å². The van der Waals surface area contributed by atoms with Crippen molar-refractivity contribution < 1.29 is 14.4 Å². The van der Waals surface area contributed by atoms with Crippen molar-refractivity contribution in [2.75, 3.05) is 0 Å². The maximum absolute atomic E-state index is 12.6. The van der Waals surface area contributed by atoms with Crippen molar-refractivity contribution in [1.82, 2.24) is 0 Å². The topological polar surface area (TPSA) is 51.2 Å². The zero-order valence-electron chi connectivity index (χ0n) is 15.6. The van der Waals surface area contributed by atoms with Crippen molar-refractivity contribution in [3.05, 3.63) is 12.7 Å². The van der Waals surface area contributed by atoms with Crippen molar-refractivity contribution in [3.8, 4) is 0 Å². The summed E-state index contributed by atoms with van der Waals surface area (Å²) in [5.74, 6) is 2.28. The molecule has 7 atom stereocenters. The fraction of sp³-hybridized carbons (Fsp3) is 0.773. The summed E-state index contributed by atoms with van der Waals surface area (Å²) in [4.78, 5) is 37.0. The van der Waals surface area contributed by atoms with Gasteiger partial charge in [-0.2, -0.15) is 0 Å². The van der Waals surface area contributed by atoms with E-state index in [1.165, 1.54) is 0 Å². The summed E-state index contributed by atoms with van der Waals surface area (Å²) in [6, 6.07) is 0. The molecule has 136 valence electrons. The van der Waals surface area contributed by atoms with Gasteiger partial charge in [-0.05, 0) is 67.1 Å². The Hall–Kier alpha value is -1.25. The summed E-state index contributed by atoms with van der Waals surface area (Å²) in [5.41, 5.74) is -0.238. The first-order chi connectivity index (χ1) is 11.8. The molecule has 4 rings (SSSR count). The smallest absolute Gasteiger partial charge is 0.204 e. The minimum absolute atomic E-state index is 0.112. The molecule has 0 aromatic carbocycles. The molecule has 3 nitrogen and oxygen atoms in total. The van der Waals surface area contributed by atoms with Crippen LogP contribution in [-0.2, 0) is 14.4 Å². The molecule has 0 radical (unpaired) electrons. The monoisotopic (exact) mass is 342 g/mol. The van der Waals surface area contributed by atoms with Crippen LogP contribution in [0.1, 0.15) is 65.2 Å². The fourth-order valence-electron chi connectivity index (χ4n) is 7.27. The van der Waals surface area contributed by atoms with Crippen LogP contribution >= 0.6 is 0 Å². The predicted molar refractivity (Wildman–Crippen MR) is 95.8 cm³/mol. The summed E-state index contributed by atoms with van der Waals surface area (Å²) in [7, 11) is 0. The molecule has 0 N–H and O–H groups in total. The van der Waals surface area contributed by atoms with Crippen LogP contribution in [0.15, 0.2) is 12.7 Å². The number of hydrogen-bond donors (Lipinski definition) is 0. The molecule has 25 heavy (non-hydrogen) atoms. The molecule has 0 spiro atoms. The molecule has 0 unspecified atom stereocenters. The third-order valence-electron chi connectivity index (χ3n) is 8.70. The molecule has 0 aromatic heterocycles. The molecule has 3 heteroatoms. The molecule has 0 bridgehead atoms. The van der Waals surface area contributed by atoms with Crippen LogP contribution in [0.3, 0.4) is 0 Å². The summed E-state index contributed by atoms with van der Waals surface area (Å²) in [5, 5.41) is 0. The van der Waals surface area contributed by atoms with Crippen molar-refractivity contribution >= 4 is 17.3 Å². The Morgan fingerprint density at radius 3 is 2.60 bits per heavy atom. The predicted octanol–water partition coefficient (Wildman–Crippen LogP) is 4.15. The van der Waals surface area contributed by atoms with E-state index in [1.54, 1.807) is 0 Å². The van der Waals surface area contributed by atoms with Crippen molar-refractivity contribution in [2.24, 2.45) is 40.4 Å². The molecule has 0 heterocycles. The van der Waals surface area contributed by atoms with E-state index in [1.807, 2.05) is 13.0 Å². The molecular weight excluding hydrogens is 312 g/mol. The highest BCUT2D eigenvalue weighted by molar-refractivity contribution is 6.41. The third-order valence-corrected chi connectivity index (χ3v) is 8.70. The van der Waals surface area contributed by atoms with Crippen LogP contribution in [0.5, 0.6) is 0 Å². The van der Waals surface area contributed by atoms with E-state index in [2.05, 4.69) is 13.5 Å². The highest BCUT2D eigenvalue weighted by atomic mass is 16.2. The lowest BCUT2D eigenvalue weighted by Gasteiger charge is -2.61. The highest BCUT2D eigenvalue weighted by Gasteiger charge is 2.64. The molecule has 0 aliphatic heterocycles. The lowest BCUT2D eigenvalue weighted by molar-refractivity contribution is -0.154. The Balaban J connectivity index is 1.75. The van der Waals surface area contributed by atoms with Gasteiger partial charge in [0.25, 0.3) is 0 Å². The number of fused-ring (bicyclic) bond motifs is 5. The number of hydrogen-bond acceptors (Lipinski definition) is 3. The number of Topliss-reactive ketones (excluding diaryl/α,β-unsaturated/α-hetero) is 3. The van der Waals surface area contributed by atoms with Crippen LogP contribution in [0.25, 0.3) is 0 Å². The average molecular weight is 342 g/mol. The quantitative estimate of drug-likeness (QED) is 0.559. The zero-order chi connectivity index (χ0) is 18.0. The minimum atomic E-state index is -0.439. The van der Waals surface area contributed by atoms with E-state index in [0.717, 1.165) is 38.5 Å². The Kier molecular flexibility index (Phi) is 3.86. The molecule has 4 saturated carbocycles. The van der Waals surface area contributed by atoms with E-state index in [9.17, 15) is 14.4 Å². The van der Waals surface area contributed by atoms with Gasteiger partial charge in [-0.1, -0.05) is 19.9 Å². The first-order valence-electron chi connectivity index (χ1n) is 10.0. The Bertz CT molecular complexity index is 650. The van der Waals surface area contributed by atoms with Gasteiger partial charge in [-0.25, -0.2) is 0 Å². The summed E-state index contributed by atoms with van der Waals surface area (Å²) in [6.07, 6.45) is 8.76. The minimum Gasteiger partial charge on any atom is -0.300 e. The SMILES string of the molecule is C=CC[C@@H]1C[C@@H]2CC(=O)CC[C@]2(C)[C@H]2CC[C@]3(C)C(=O)C(=O)C[C@H]3[C@H]12. The second-order valence-electron chi connectivity index (χ2n) is 9.67.